The molecule has 0 amide bonds. The van der Waals surface area contributed by atoms with E-state index in [2.05, 4.69) is 41.4 Å². The largest absolute Gasteiger partial charge is 0.381 e. The third-order valence-corrected chi connectivity index (χ3v) is 6.46. The molecule has 0 bridgehead atoms. The number of hydrogen-bond acceptors (Lipinski definition) is 3. The van der Waals surface area contributed by atoms with Crippen molar-refractivity contribution in [3.8, 4) is 0 Å². The molecule has 2 atom stereocenters. The van der Waals surface area contributed by atoms with Crippen LogP contribution in [0.25, 0.3) is 0 Å². The van der Waals surface area contributed by atoms with Crippen LogP contribution in [-0.2, 0) is 15.9 Å². The minimum atomic E-state index is 0. The van der Waals surface area contributed by atoms with Gasteiger partial charge in [-0.1, -0.05) is 24.3 Å². The van der Waals surface area contributed by atoms with Crippen LogP contribution in [0.5, 0.6) is 0 Å². The first kappa shape index (κ1) is 22.8. The molecular formula is C23H36IN3O2. The maximum atomic E-state index is 6.23. The van der Waals surface area contributed by atoms with Gasteiger partial charge in [0.25, 0.3) is 0 Å². The van der Waals surface area contributed by atoms with Gasteiger partial charge in [-0.3, -0.25) is 4.99 Å². The van der Waals surface area contributed by atoms with Crippen molar-refractivity contribution in [2.45, 2.75) is 51.6 Å². The Hall–Kier alpha value is -0.860. The molecule has 1 spiro atoms. The van der Waals surface area contributed by atoms with Crippen LogP contribution in [0.15, 0.2) is 29.3 Å². The number of aliphatic imine (C=N–C) groups is 1. The standard InChI is InChI=1S/C23H35N3O2.HI/c1-2-24-22(26-14-11-23(17-26)12-16-27-18-23)25-13-6-15-28-21-10-5-8-19-7-3-4-9-20(19)21;/h3-4,7,9,21H,2,5-6,8,10-18H2,1H3,(H,24,25);1H. The van der Waals surface area contributed by atoms with Crippen molar-refractivity contribution in [3.63, 3.8) is 0 Å². The monoisotopic (exact) mass is 513 g/mol. The van der Waals surface area contributed by atoms with E-state index in [1.54, 1.807) is 0 Å². The van der Waals surface area contributed by atoms with Gasteiger partial charge in [-0.05, 0) is 56.6 Å². The Morgan fingerprint density at radius 3 is 3.07 bits per heavy atom. The minimum absolute atomic E-state index is 0. The maximum absolute atomic E-state index is 6.23. The average molecular weight is 513 g/mol. The molecule has 3 aliphatic rings. The molecule has 1 N–H and O–H groups in total. The first-order valence-electron chi connectivity index (χ1n) is 11.1. The van der Waals surface area contributed by atoms with E-state index in [9.17, 15) is 0 Å². The summed E-state index contributed by atoms with van der Waals surface area (Å²) in [4.78, 5) is 7.31. The fourth-order valence-electron chi connectivity index (χ4n) is 4.87. The quantitative estimate of drug-likeness (QED) is 0.269. The molecule has 6 heteroatoms. The Labute approximate surface area is 192 Å². The van der Waals surface area contributed by atoms with Crippen LogP contribution < -0.4 is 5.32 Å². The number of likely N-dealkylation sites (tertiary alicyclic amines) is 1. The van der Waals surface area contributed by atoms with Gasteiger partial charge in [0.05, 0.1) is 12.7 Å². The van der Waals surface area contributed by atoms with E-state index in [-0.39, 0.29) is 30.1 Å². The molecule has 162 valence electrons. The predicted molar refractivity (Wildman–Crippen MR) is 128 cm³/mol. The van der Waals surface area contributed by atoms with Gasteiger partial charge in [-0.25, -0.2) is 0 Å². The highest BCUT2D eigenvalue weighted by Gasteiger charge is 2.42. The van der Waals surface area contributed by atoms with Crippen LogP contribution in [0.4, 0.5) is 0 Å². The molecule has 2 fully saturated rings. The fraction of sp³-hybridized carbons (Fsp3) is 0.696. The Morgan fingerprint density at radius 2 is 2.24 bits per heavy atom. The maximum Gasteiger partial charge on any atom is 0.193 e. The van der Waals surface area contributed by atoms with Crippen molar-refractivity contribution in [3.05, 3.63) is 35.4 Å². The Balaban J connectivity index is 0.00000240. The van der Waals surface area contributed by atoms with Crippen LogP contribution in [0.3, 0.4) is 0 Å². The molecule has 1 aliphatic carbocycles. The Morgan fingerprint density at radius 1 is 1.34 bits per heavy atom. The number of ether oxygens (including phenoxy) is 2. The zero-order valence-electron chi connectivity index (χ0n) is 17.7. The van der Waals surface area contributed by atoms with Gasteiger partial charge in [0.1, 0.15) is 0 Å². The van der Waals surface area contributed by atoms with E-state index in [0.717, 1.165) is 64.8 Å². The summed E-state index contributed by atoms with van der Waals surface area (Å²) in [5.41, 5.74) is 3.23. The molecule has 2 heterocycles. The summed E-state index contributed by atoms with van der Waals surface area (Å²) in [5, 5.41) is 3.48. The Kier molecular flexibility index (Phi) is 8.62. The molecule has 1 aromatic carbocycles. The van der Waals surface area contributed by atoms with Gasteiger partial charge < -0.3 is 19.7 Å². The lowest BCUT2D eigenvalue weighted by Gasteiger charge is -2.26. The van der Waals surface area contributed by atoms with Crippen molar-refractivity contribution >= 4 is 29.9 Å². The number of rotatable bonds is 6. The summed E-state index contributed by atoms with van der Waals surface area (Å²) >= 11 is 0. The summed E-state index contributed by atoms with van der Waals surface area (Å²) in [6.45, 7) is 8.65. The molecule has 0 radical (unpaired) electrons. The lowest BCUT2D eigenvalue weighted by molar-refractivity contribution is 0.0402. The molecule has 2 unspecified atom stereocenters. The molecule has 0 saturated carbocycles. The van der Waals surface area contributed by atoms with Gasteiger partial charge in [0.15, 0.2) is 5.96 Å². The highest BCUT2D eigenvalue weighted by Crippen LogP contribution is 2.38. The topological polar surface area (TPSA) is 46.1 Å². The molecule has 1 aromatic rings. The molecule has 0 aromatic heterocycles. The van der Waals surface area contributed by atoms with Crippen molar-refractivity contribution in [1.29, 1.82) is 0 Å². The normalized spacial score (nSPS) is 26.4. The van der Waals surface area contributed by atoms with Gasteiger partial charge in [-0.15, -0.1) is 24.0 Å². The van der Waals surface area contributed by atoms with Crippen molar-refractivity contribution in [2.24, 2.45) is 10.4 Å². The molecule has 2 aliphatic heterocycles. The third-order valence-electron chi connectivity index (χ3n) is 6.46. The number of aryl methyl sites for hydroxylation is 1. The molecule has 5 nitrogen and oxygen atoms in total. The number of halogens is 1. The van der Waals surface area contributed by atoms with Gasteiger partial charge in [-0.2, -0.15) is 0 Å². The van der Waals surface area contributed by atoms with Crippen molar-refractivity contribution in [2.75, 3.05) is 46.0 Å². The van der Waals surface area contributed by atoms with Crippen LogP contribution >= 0.6 is 24.0 Å². The highest BCUT2D eigenvalue weighted by molar-refractivity contribution is 14.0. The number of benzene rings is 1. The number of guanidine groups is 1. The first-order chi connectivity index (χ1) is 13.8. The van der Waals surface area contributed by atoms with Crippen molar-refractivity contribution < 1.29 is 9.47 Å². The summed E-state index contributed by atoms with van der Waals surface area (Å²) in [7, 11) is 0. The smallest absolute Gasteiger partial charge is 0.193 e. The number of nitrogens with zero attached hydrogens (tertiary/aromatic N) is 2. The van der Waals surface area contributed by atoms with Crippen LogP contribution in [-0.4, -0.2) is 56.9 Å². The molecular weight excluding hydrogens is 477 g/mol. The molecule has 4 rings (SSSR count). The zero-order chi connectivity index (χ0) is 19.2. The number of fused-ring (bicyclic) bond motifs is 1. The first-order valence-corrected chi connectivity index (χ1v) is 11.1. The second kappa shape index (κ2) is 11.0. The number of nitrogens with one attached hydrogen (secondary N) is 1. The lowest BCUT2D eigenvalue weighted by atomic mass is 9.87. The van der Waals surface area contributed by atoms with E-state index in [1.807, 2.05) is 0 Å². The van der Waals surface area contributed by atoms with E-state index in [1.165, 1.54) is 36.8 Å². The van der Waals surface area contributed by atoms with E-state index in [0.29, 0.717) is 5.41 Å². The van der Waals surface area contributed by atoms with Crippen LogP contribution in [0.1, 0.15) is 56.3 Å². The Bertz CT molecular complexity index is 676. The van der Waals surface area contributed by atoms with Crippen molar-refractivity contribution in [1.82, 2.24) is 10.2 Å². The van der Waals surface area contributed by atoms with E-state index < -0.39 is 0 Å². The second-order valence-electron chi connectivity index (χ2n) is 8.51. The minimum Gasteiger partial charge on any atom is -0.381 e. The predicted octanol–water partition coefficient (Wildman–Crippen LogP) is 4.17. The zero-order valence-corrected chi connectivity index (χ0v) is 20.0. The van der Waals surface area contributed by atoms with Gasteiger partial charge >= 0.3 is 0 Å². The average Bonchev–Trinajstić information content (AvgIpc) is 3.37. The summed E-state index contributed by atoms with van der Waals surface area (Å²) in [6, 6.07) is 8.75. The SMILES string of the molecule is CCNC(=NCCCOC1CCCc2ccccc21)N1CCC2(CCOC2)C1.I. The van der Waals surface area contributed by atoms with Gasteiger partial charge in [0, 0.05) is 44.8 Å². The molecule has 2 saturated heterocycles. The molecule has 29 heavy (non-hydrogen) atoms. The summed E-state index contributed by atoms with van der Waals surface area (Å²) < 4.78 is 11.9. The lowest BCUT2D eigenvalue weighted by Crippen LogP contribution is -2.41. The van der Waals surface area contributed by atoms with Crippen LogP contribution in [0, 0.1) is 5.41 Å². The second-order valence-corrected chi connectivity index (χ2v) is 8.51. The highest BCUT2D eigenvalue weighted by atomic mass is 127. The van der Waals surface area contributed by atoms with E-state index in [4.69, 9.17) is 14.5 Å². The van der Waals surface area contributed by atoms with E-state index >= 15 is 0 Å². The third kappa shape index (κ3) is 5.64. The number of hydrogen-bond donors (Lipinski definition) is 1. The summed E-state index contributed by atoms with van der Waals surface area (Å²) in [5.74, 6) is 1.06. The summed E-state index contributed by atoms with van der Waals surface area (Å²) in [6.07, 6.45) is 7.21. The van der Waals surface area contributed by atoms with Gasteiger partial charge in [0.2, 0.25) is 0 Å². The van der Waals surface area contributed by atoms with Crippen LogP contribution in [0.2, 0.25) is 0 Å². The fourth-order valence-corrected chi connectivity index (χ4v) is 4.87.